The number of benzene rings is 1. The van der Waals surface area contributed by atoms with E-state index in [-0.39, 0.29) is 12.0 Å². The third-order valence-electron chi connectivity index (χ3n) is 3.26. The van der Waals surface area contributed by atoms with Gasteiger partial charge in [-0.3, -0.25) is 4.79 Å². The fraction of sp³-hybridized carbons (Fsp3) is 0.333. The second-order valence-electron chi connectivity index (χ2n) is 4.81. The van der Waals surface area contributed by atoms with Crippen LogP contribution < -0.4 is 15.8 Å². The smallest absolute Gasteiger partial charge is 0.255 e. The minimum absolute atomic E-state index is 0.0690. The quantitative estimate of drug-likeness (QED) is 0.778. The normalized spacial score (nSPS) is 12.0. The summed E-state index contributed by atoms with van der Waals surface area (Å²) < 4.78 is 10.4. The first-order chi connectivity index (χ1) is 11.0. The minimum atomic E-state index is -0.307. The van der Waals surface area contributed by atoms with Crippen LogP contribution in [0, 0.1) is 0 Å². The highest BCUT2D eigenvalue weighted by Gasteiger charge is 2.16. The van der Waals surface area contributed by atoms with Crippen LogP contribution >= 0.6 is 22.9 Å². The van der Waals surface area contributed by atoms with Crippen molar-refractivity contribution in [1.29, 1.82) is 0 Å². The van der Waals surface area contributed by atoms with E-state index in [4.69, 9.17) is 26.8 Å². The molecule has 2 rings (SSSR count). The van der Waals surface area contributed by atoms with Crippen molar-refractivity contribution < 1.29 is 14.3 Å². The molecule has 1 atom stereocenters. The van der Waals surface area contributed by atoms with Gasteiger partial charge in [0.2, 0.25) is 0 Å². The summed E-state index contributed by atoms with van der Waals surface area (Å²) >= 11 is 7.47. The maximum atomic E-state index is 12.3. The highest BCUT2D eigenvalue weighted by atomic mass is 35.5. The van der Waals surface area contributed by atoms with Crippen LogP contribution in [0.1, 0.15) is 34.1 Å². The van der Waals surface area contributed by atoms with Gasteiger partial charge in [-0.1, -0.05) is 11.6 Å². The summed E-state index contributed by atoms with van der Waals surface area (Å²) in [4.78, 5) is 16.7. The van der Waals surface area contributed by atoms with Gasteiger partial charge in [0.1, 0.15) is 16.9 Å². The second-order valence-corrected chi connectivity index (χ2v) is 6.11. The molecule has 1 aromatic carbocycles. The molecule has 0 bridgehead atoms. The van der Waals surface area contributed by atoms with Gasteiger partial charge in [-0.15, -0.1) is 11.3 Å². The molecule has 0 aliphatic rings. The van der Waals surface area contributed by atoms with Crippen molar-refractivity contribution >= 4 is 34.5 Å². The first-order valence-electron chi connectivity index (χ1n) is 6.84. The number of aromatic nitrogens is 1. The average Bonchev–Trinajstić information content (AvgIpc) is 3.02. The van der Waals surface area contributed by atoms with Crippen LogP contribution in [-0.2, 0) is 11.3 Å². The van der Waals surface area contributed by atoms with Gasteiger partial charge in [0.05, 0.1) is 35.6 Å². The molecule has 124 valence electrons. The van der Waals surface area contributed by atoms with Crippen molar-refractivity contribution in [2.45, 2.75) is 19.6 Å². The number of nitrogens with zero attached hydrogens (tertiary/aromatic N) is 1. The summed E-state index contributed by atoms with van der Waals surface area (Å²) in [5, 5.41) is 5.85. The highest BCUT2D eigenvalue weighted by molar-refractivity contribution is 7.09. The molecule has 0 spiro atoms. The van der Waals surface area contributed by atoms with Gasteiger partial charge in [0.15, 0.2) is 0 Å². The molecule has 0 radical (unpaired) electrons. The zero-order valence-corrected chi connectivity index (χ0v) is 14.6. The van der Waals surface area contributed by atoms with Gasteiger partial charge < -0.3 is 20.5 Å². The third kappa shape index (κ3) is 4.13. The van der Waals surface area contributed by atoms with E-state index in [1.165, 1.54) is 30.6 Å². The number of hydrogen-bond donors (Lipinski definition) is 2. The fourth-order valence-electron chi connectivity index (χ4n) is 1.87. The Morgan fingerprint density at radius 3 is 2.87 bits per heavy atom. The zero-order valence-electron chi connectivity index (χ0n) is 13.1. The molecule has 0 aliphatic carbocycles. The van der Waals surface area contributed by atoms with Crippen LogP contribution in [0.5, 0.6) is 5.75 Å². The monoisotopic (exact) mass is 355 g/mol. The number of methoxy groups -OCH3 is 2. The van der Waals surface area contributed by atoms with E-state index in [9.17, 15) is 4.79 Å². The molecule has 0 saturated carbocycles. The molecule has 8 heteroatoms. The molecule has 1 amide bonds. The Balaban J connectivity index is 2.08. The molecule has 23 heavy (non-hydrogen) atoms. The number of hydrogen-bond acceptors (Lipinski definition) is 6. The molecule has 3 N–H and O–H groups in total. The number of amides is 1. The van der Waals surface area contributed by atoms with Crippen LogP contribution in [0.2, 0.25) is 5.02 Å². The number of ether oxygens (including phenoxy) is 2. The number of thiazole rings is 1. The molecule has 6 nitrogen and oxygen atoms in total. The second kappa shape index (κ2) is 7.63. The Morgan fingerprint density at radius 1 is 1.48 bits per heavy atom. The van der Waals surface area contributed by atoms with E-state index in [1.54, 1.807) is 7.11 Å². The largest absolute Gasteiger partial charge is 0.496 e. The Labute approximate surface area is 143 Å². The van der Waals surface area contributed by atoms with Crippen LogP contribution in [0.15, 0.2) is 17.5 Å². The van der Waals surface area contributed by atoms with Gasteiger partial charge in [0.25, 0.3) is 5.91 Å². The zero-order chi connectivity index (χ0) is 17.0. The van der Waals surface area contributed by atoms with Crippen molar-refractivity contribution in [3.63, 3.8) is 0 Å². The molecule has 1 unspecified atom stereocenters. The summed E-state index contributed by atoms with van der Waals surface area (Å²) in [5.74, 6) is 0.0643. The van der Waals surface area contributed by atoms with Gasteiger partial charge in [-0.2, -0.15) is 0 Å². The molecular formula is C15H18ClN3O3S. The summed E-state index contributed by atoms with van der Waals surface area (Å²) in [6.07, 6.45) is -0.0690. The number of nitrogens with two attached hydrogens (primary N) is 1. The van der Waals surface area contributed by atoms with Gasteiger partial charge in [-0.25, -0.2) is 4.98 Å². The lowest BCUT2D eigenvalue weighted by molar-refractivity contribution is 0.0947. The number of halogens is 1. The first kappa shape index (κ1) is 17.5. The summed E-state index contributed by atoms with van der Waals surface area (Å²) in [6.45, 7) is 2.22. The minimum Gasteiger partial charge on any atom is -0.496 e. The van der Waals surface area contributed by atoms with Crippen LogP contribution in [0.25, 0.3) is 0 Å². The van der Waals surface area contributed by atoms with Crippen molar-refractivity contribution in [3.8, 4) is 5.75 Å². The Bertz CT molecular complexity index is 705. The summed E-state index contributed by atoms with van der Waals surface area (Å²) in [7, 11) is 3.10. The van der Waals surface area contributed by atoms with Crippen molar-refractivity contribution in [1.82, 2.24) is 10.3 Å². The fourth-order valence-corrected chi connectivity index (χ4v) is 2.89. The topological polar surface area (TPSA) is 86.5 Å². The summed E-state index contributed by atoms with van der Waals surface area (Å²) in [6, 6.07) is 3.02. The van der Waals surface area contributed by atoms with Crippen LogP contribution in [-0.4, -0.2) is 25.1 Å². The van der Waals surface area contributed by atoms with Gasteiger partial charge in [-0.05, 0) is 13.0 Å². The Kier molecular flexibility index (Phi) is 5.81. The lowest BCUT2D eigenvalue weighted by atomic mass is 10.1. The number of carbonyl (C=O) groups excluding carboxylic acids is 1. The number of anilines is 1. The maximum absolute atomic E-state index is 12.3. The van der Waals surface area contributed by atoms with E-state index < -0.39 is 0 Å². The van der Waals surface area contributed by atoms with E-state index in [2.05, 4.69) is 10.3 Å². The van der Waals surface area contributed by atoms with E-state index in [0.29, 0.717) is 28.6 Å². The SMILES string of the molecule is COc1cc(N)c(Cl)cc1C(=O)NCc1csc(C(C)OC)n1. The molecule has 0 aliphatic heterocycles. The first-order valence-corrected chi connectivity index (χ1v) is 8.10. The third-order valence-corrected chi connectivity index (χ3v) is 4.65. The standard InChI is InChI=1S/C15H18ClN3O3S/c1-8(21-2)15-19-9(7-23-15)6-18-14(20)10-4-11(16)12(17)5-13(10)22-3/h4-5,7-8H,6,17H2,1-3H3,(H,18,20). The van der Waals surface area contributed by atoms with Crippen molar-refractivity contribution in [2.24, 2.45) is 0 Å². The predicted molar refractivity (Wildman–Crippen MR) is 91.1 cm³/mol. The summed E-state index contributed by atoms with van der Waals surface area (Å²) in [5.41, 5.74) is 7.16. The molecule has 0 saturated heterocycles. The average molecular weight is 356 g/mol. The highest BCUT2D eigenvalue weighted by Crippen LogP contribution is 2.28. The molecular weight excluding hydrogens is 338 g/mol. The predicted octanol–water partition coefficient (Wildman–Crippen LogP) is 3.02. The van der Waals surface area contributed by atoms with E-state index in [0.717, 1.165) is 10.7 Å². The molecule has 1 heterocycles. The maximum Gasteiger partial charge on any atom is 0.255 e. The van der Waals surface area contributed by atoms with Crippen LogP contribution in [0.3, 0.4) is 0 Å². The molecule has 0 fully saturated rings. The van der Waals surface area contributed by atoms with Crippen LogP contribution in [0.4, 0.5) is 5.69 Å². The Hall–Kier alpha value is -1.83. The Morgan fingerprint density at radius 2 is 2.22 bits per heavy atom. The number of carbonyl (C=O) groups is 1. The lowest BCUT2D eigenvalue weighted by Gasteiger charge is -2.10. The van der Waals surface area contributed by atoms with Gasteiger partial charge in [0, 0.05) is 18.6 Å². The molecule has 1 aromatic heterocycles. The number of nitrogens with one attached hydrogen (secondary N) is 1. The van der Waals surface area contributed by atoms with Crippen molar-refractivity contribution in [2.75, 3.05) is 20.0 Å². The van der Waals surface area contributed by atoms with Gasteiger partial charge >= 0.3 is 0 Å². The van der Waals surface area contributed by atoms with E-state index >= 15 is 0 Å². The van der Waals surface area contributed by atoms with E-state index in [1.807, 2.05) is 12.3 Å². The number of nitrogen functional groups attached to an aromatic ring is 1. The lowest BCUT2D eigenvalue weighted by Crippen LogP contribution is -2.23. The molecule has 2 aromatic rings. The number of rotatable bonds is 6. The van der Waals surface area contributed by atoms with Crippen molar-refractivity contribution in [3.05, 3.63) is 38.8 Å².